The molecule has 0 saturated carbocycles. The smallest absolute Gasteiger partial charge is 0.259 e. The van der Waals surface area contributed by atoms with E-state index in [0.717, 1.165) is 6.42 Å². The first-order chi connectivity index (χ1) is 14.9. The van der Waals surface area contributed by atoms with Gasteiger partial charge in [0.2, 0.25) is 5.95 Å². The van der Waals surface area contributed by atoms with Gasteiger partial charge in [-0.2, -0.15) is 4.98 Å². The molecule has 1 saturated heterocycles. The second kappa shape index (κ2) is 8.70. The lowest BCUT2D eigenvalue weighted by molar-refractivity contribution is 0.254. The summed E-state index contributed by atoms with van der Waals surface area (Å²) < 4.78 is 12.1. The Morgan fingerprint density at radius 2 is 2.10 bits per heavy atom. The molecule has 0 bridgehead atoms. The van der Waals surface area contributed by atoms with Gasteiger partial charge in [-0.25, -0.2) is 4.98 Å². The van der Waals surface area contributed by atoms with Crippen LogP contribution < -0.4 is 25.7 Å². The van der Waals surface area contributed by atoms with E-state index in [1.54, 1.807) is 31.4 Å². The molecule has 3 heterocycles. The van der Waals surface area contributed by atoms with Crippen LogP contribution in [-0.2, 0) is 7.05 Å². The van der Waals surface area contributed by atoms with Crippen LogP contribution in [0.15, 0.2) is 29.2 Å². The van der Waals surface area contributed by atoms with Gasteiger partial charge in [-0.15, -0.1) is 0 Å². The number of ether oxygens (including phenoxy) is 2. The van der Waals surface area contributed by atoms with Crippen molar-refractivity contribution in [2.45, 2.75) is 18.5 Å². The number of aryl methyl sites for hydroxylation is 1. The van der Waals surface area contributed by atoms with Gasteiger partial charge < -0.3 is 25.2 Å². The quantitative estimate of drug-likeness (QED) is 0.526. The first-order valence-electron chi connectivity index (χ1n) is 9.84. The average molecular weight is 446 g/mol. The van der Waals surface area contributed by atoms with Crippen LogP contribution >= 0.6 is 11.6 Å². The Kier molecular flexibility index (Phi) is 5.99. The summed E-state index contributed by atoms with van der Waals surface area (Å²) in [7, 11) is 4.71. The number of pyridine rings is 1. The Morgan fingerprint density at radius 1 is 1.29 bits per heavy atom. The lowest BCUT2D eigenvalue weighted by atomic mass is 10.0. The standard InChI is InChI=1S/C21H24ClN5O4/c1-27-19-11(8-24-21(26-19)25-12-5-13(10-28)23-9-12)4-16(20(27)29)15-6-14(30-2)7-17(31-3)18(15)22/h4,6-8,12-13,23,28H,5,9-10H2,1-3H3,(H,24,25,26)/t12-,13-/m0/s1. The Hall–Kier alpha value is -2.88. The maximum absolute atomic E-state index is 13.2. The van der Waals surface area contributed by atoms with Crippen LogP contribution in [0.2, 0.25) is 5.02 Å². The zero-order valence-electron chi connectivity index (χ0n) is 17.5. The van der Waals surface area contributed by atoms with E-state index in [0.29, 0.717) is 51.2 Å². The number of aromatic nitrogens is 3. The number of anilines is 1. The second-order valence-electron chi connectivity index (χ2n) is 7.45. The number of benzene rings is 1. The summed E-state index contributed by atoms with van der Waals surface area (Å²) in [5.74, 6) is 1.38. The van der Waals surface area contributed by atoms with Crippen LogP contribution in [-0.4, -0.2) is 59.1 Å². The first-order valence-corrected chi connectivity index (χ1v) is 10.2. The van der Waals surface area contributed by atoms with Gasteiger partial charge in [-0.05, 0) is 18.6 Å². The van der Waals surface area contributed by atoms with E-state index >= 15 is 0 Å². The molecule has 164 valence electrons. The summed E-state index contributed by atoms with van der Waals surface area (Å²) in [6, 6.07) is 5.26. The van der Waals surface area contributed by atoms with Crippen LogP contribution in [0.3, 0.4) is 0 Å². The molecule has 3 aromatic rings. The van der Waals surface area contributed by atoms with Crippen LogP contribution in [0.1, 0.15) is 6.42 Å². The van der Waals surface area contributed by atoms with Crippen LogP contribution in [0, 0.1) is 0 Å². The molecule has 2 atom stereocenters. The largest absolute Gasteiger partial charge is 0.497 e. The third-order valence-corrected chi connectivity index (χ3v) is 5.87. The number of hydrogen-bond acceptors (Lipinski definition) is 8. The van der Waals surface area contributed by atoms with Crippen molar-refractivity contribution in [3.05, 3.63) is 39.8 Å². The summed E-state index contributed by atoms with van der Waals surface area (Å²) in [6.45, 7) is 0.798. The molecule has 1 aliphatic heterocycles. The van der Waals surface area contributed by atoms with Gasteiger partial charge in [-0.3, -0.25) is 9.36 Å². The van der Waals surface area contributed by atoms with Gasteiger partial charge in [-0.1, -0.05) is 11.6 Å². The number of nitrogens with zero attached hydrogens (tertiary/aromatic N) is 3. The topological polar surface area (TPSA) is 111 Å². The highest BCUT2D eigenvalue weighted by atomic mass is 35.5. The van der Waals surface area contributed by atoms with Gasteiger partial charge >= 0.3 is 0 Å². The maximum atomic E-state index is 13.2. The fourth-order valence-electron chi connectivity index (χ4n) is 3.79. The monoisotopic (exact) mass is 445 g/mol. The predicted molar refractivity (Wildman–Crippen MR) is 119 cm³/mol. The minimum atomic E-state index is -0.253. The molecular weight excluding hydrogens is 422 g/mol. The lowest BCUT2D eigenvalue weighted by Crippen LogP contribution is -2.25. The molecule has 1 fully saturated rings. The Morgan fingerprint density at radius 3 is 2.77 bits per heavy atom. The molecule has 2 aromatic heterocycles. The normalized spacial score (nSPS) is 18.4. The first kappa shape index (κ1) is 21.4. The van der Waals surface area contributed by atoms with Crippen LogP contribution in [0.5, 0.6) is 11.5 Å². The van der Waals surface area contributed by atoms with E-state index in [2.05, 4.69) is 20.6 Å². The second-order valence-corrected chi connectivity index (χ2v) is 7.83. The molecule has 10 heteroatoms. The number of methoxy groups -OCH3 is 2. The SMILES string of the molecule is COc1cc(OC)c(Cl)c(-c2cc3cnc(N[C@@H]4CN[C@H](CO)C4)nc3n(C)c2=O)c1. The number of halogens is 1. The fraction of sp³-hybridized carbons (Fsp3) is 0.381. The van der Waals surface area contributed by atoms with E-state index in [-0.39, 0.29) is 24.2 Å². The summed E-state index contributed by atoms with van der Waals surface area (Å²) >= 11 is 6.50. The van der Waals surface area contributed by atoms with Gasteiger partial charge in [0, 0.05) is 54.5 Å². The number of fused-ring (bicyclic) bond motifs is 1. The molecule has 1 aromatic carbocycles. The zero-order chi connectivity index (χ0) is 22.1. The third kappa shape index (κ3) is 4.04. The van der Waals surface area contributed by atoms with Crippen molar-refractivity contribution >= 4 is 28.6 Å². The molecule has 0 spiro atoms. The highest BCUT2D eigenvalue weighted by Gasteiger charge is 2.24. The molecule has 9 nitrogen and oxygen atoms in total. The maximum Gasteiger partial charge on any atom is 0.259 e. The predicted octanol–water partition coefficient (Wildman–Crippen LogP) is 1.80. The van der Waals surface area contributed by atoms with Crippen molar-refractivity contribution in [2.24, 2.45) is 7.05 Å². The Labute approximate surface area is 184 Å². The van der Waals surface area contributed by atoms with Crippen molar-refractivity contribution in [1.29, 1.82) is 0 Å². The van der Waals surface area contributed by atoms with Crippen molar-refractivity contribution in [3.63, 3.8) is 0 Å². The average Bonchev–Trinajstić information content (AvgIpc) is 3.24. The zero-order valence-corrected chi connectivity index (χ0v) is 18.2. The van der Waals surface area contributed by atoms with Crippen molar-refractivity contribution in [1.82, 2.24) is 19.9 Å². The van der Waals surface area contributed by atoms with E-state index in [1.807, 2.05) is 0 Å². The lowest BCUT2D eigenvalue weighted by Gasteiger charge is -2.15. The number of rotatable bonds is 6. The van der Waals surface area contributed by atoms with E-state index in [9.17, 15) is 9.90 Å². The van der Waals surface area contributed by atoms with E-state index in [4.69, 9.17) is 21.1 Å². The fourth-order valence-corrected chi connectivity index (χ4v) is 4.08. The molecule has 0 aliphatic carbocycles. The van der Waals surface area contributed by atoms with Gasteiger partial charge in [0.15, 0.2) is 0 Å². The Balaban J connectivity index is 1.75. The van der Waals surface area contributed by atoms with Gasteiger partial charge in [0.1, 0.15) is 17.1 Å². The molecule has 4 rings (SSSR count). The molecule has 0 amide bonds. The highest BCUT2D eigenvalue weighted by molar-refractivity contribution is 6.35. The van der Waals surface area contributed by atoms with Crippen LogP contribution in [0.4, 0.5) is 5.95 Å². The summed E-state index contributed by atoms with van der Waals surface area (Å²) in [4.78, 5) is 22.1. The van der Waals surface area contributed by atoms with Crippen molar-refractivity contribution < 1.29 is 14.6 Å². The number of aliphatic hydroxyl groups excluding tert-OH is 1. The number of nitrogens with one attached hydrogen (secondary N) is 2. The Bertz CT molecular complexity index is 1180. The molecule has 0 unspecified atom stereocenters. The molecule has 1 aliphatic rings. The molecule has 0 radical (unpaired) electrons. The minimum absolute atomic E-state index is 0.0643. The highest BCUT2D eigenvalue weighted by Crippen LogP contribution is 2.38. The number of hydrogen-bond donors (Lipinski definition) is 3. The minimum Gasteiger partial charge on any atom is -0.497 e. The number of aliphatic hydroxyl groups is 1. The molecule has 31 heavy (non-hydrogen) atoms. The summed E-state index contributed by atoms with van der Waals surface area (Å²) in [6.07, 6.45) is 2.44. The third-order valence-electron chi connectivity index (χ3n) is 5.48. The van der Waals surface area contributed by atoms with Gasteiger partial charge in [0.05, 0.1) is 25.8 Å². The molecular formula is C21H24ClN5O4. The van der Waals surface area contributed by atoms with Crippen LogP contribution in [0.25, 0.3) is 22.2 Å². The van der Waals surface area contributed by atoms with Gasteiger partial charge in [0.25, 0.3) is 5.56 Å². The van der Waals surface area contributed by atoms with E-state index < -0.39 is 0 Å². The van der Waals surface area contributed by atoms with Crippen molar-refractivity contribution in [3.8, 4) is 22.6 Å². The van der Waals surface area contributed by atoms with Crippen molar-refractivity contribution in [2.75, 3.05) is 32.7 Å². The van der Waals surface area contributed by atoms with E-state index in [1.165, 1.54) is 18.8 Å². The summed E-state index contributed by atoms with van der Waals surface area (Å²) in [5, 5.41) is 16.8. The molecule has 3 N–H and O–H groups in total. The summed E-state index contributed by atoms with van der Waals surface area (Å²) in [5.41, 5.74) is 1.15.